The summed E-state index contributed by atoms with van der Waals surface area (Å²) in [6, 6.07) is 19.5. The third kappa shape index (κ3) is 4.36. The molecule has 0 saturated carbocycles. The highest BCUT2D eigenvalue weighted by Gasteiger charge is 2.23. The van der Waals surface area contributed by atoms with E-state index in [4.69, 9.17) is 4.74 Å². The zero-order chi connectivity index (χ0) is 24.2. The van der Waals surface area contributed by atoms with Gasteiger partial charge in [-0.1, -0.05) is 48.5 Å². The van der Waals surface area contributed by atoms with Crippen LogP contribution >= 0.6 is 11.3 Å². The molecular weight excluding hydrogens is 446 g/mol. The van der Waals surface area contributed by atoms with Gasteiger partial charge in [-0.2, -0.15) is 5.26 Å². The maximum absolute atomic E-state index is 13.1. The lowest BCUT2D eigenvalue weighted by Gasteiger charge is -2.07. The van der Waals surface area contributed by atoms with Gasteiger partial charge in [0, 0.05) is 21.3 Å². The molecule has 6 nitrogen and oxygen atoms in total. The van der Waals surface area contributed by atoms with Gasteiger partial charge in [0.15, 0.2) is 0 Å². The largest absolute Gasteiger partial charge is 0.462 e. The Labute approximate surface area is 201 Å². The molecule has 4 aromatic rings. The van der Waals surface area contributed by atoms with Gasteiger partial charge in [-0.15, -0.1) is 11.3 Å². The van der Waals surface area contributed by atoms with Crippen molar-refractivity contribution in [1.82, 2.24) is 4.98 Å². The number of carbonyl (C=O) groups is 2. The SMILES string of the molecule is CCOC(=O)c1c(NC(=O)/C(C#N)=C/c2c(-c3ccccc3)[nH]c3ccccc23)sc(C)c1C. The smallest absolute Gasteiger partial charge is 0.341 e. The number of para-hydroxylation sites is 1. The number of anilines is 1. The van der Waals surface area contributed by atoms with Gasteiger partial charge in [-0.3, -0.25) is 4.79 Å². The Balaban J connectivity index is 1.76. The van der Waals surface area contributed by atoms with Crippen LogP contribution in [0.25, 0.3) is 28.2 Å². The zero-order valence-corrected chi connectivity index (χ0v) is 19.9. The van der Waals surface area contributed by atoms with E-state index in [1.165, 1.54) is 11.3 Å². The number of H-pyrrole nitrogens is 1. The van der Waals surface area contributed by atoms with Crippen LogP contribution in [-0.2, 0) is 9.53 Å². The van der Waals surface area contributed by atoms with Crippen molar-refractivity contribution >= 4 is 45.2 Å². The summed E-state index contributed by atoms with van der Waals surface area (Å²) >= 11 is 1.29. The van der Waals surface area contributed by atoms with Crippen molar-refractivity contribution in [2.24, 2.45) is 0 Å². The molecule has 0 aliphatic rings. The number of benzene rings is 2. The number of hydrogen-bond donors (Lipinski definition) is 2. The molecule has 0 aliphatic carbocycles. The summed E-state index contributed by atoms with van der Waals surface area (Å²) in [6.45, 7) is 5.64. The summed E-state index contributed by atoms with van der Waals surface area (Å²) in [7, 11) is 0. The fourth-order valence-corrected chi connectivity index (χ4v) is 4.82. The van der Waals surface area contributed by atoms with E-state index in [9.17, 15) is 14.9 Å². The number of nitrogens with zero attached hydrogens (tertiary/aromatic N) is 1. The zero-order valence-electron chi connectivity index (χ0n) is 19.1. The number of aromatic amines is 1. The van der Waals surface area contributed by atoms with Crippen LogP contribution in [0.5, 0.6) is 0 Å². The van der Waals surface area contributed by atoms with Crippen molar-refractivity contribution in [3.05, 3.63) is 81.7 Å². The monoisotopic (exact) mass is 469 g/mol. The first-order valence-electron chi connectivity index (χ1n) is 10.8. The quantitative estimate of drug-likeness (QED) is 0.199. The number of hydrogen-bond acceptors (Lipinski definition) is 5. The molecule has 2 aromatic carbocycles. The van der Waals surface area contributed by atoms with Gasteiger partial charge in [-0.05, 0) is 44.0 Å². The first-order chi connectivity index (χ1) is 16.4. The molecule has 0 unspecified atom stereocenters. The molecule has 0 saturated heterocycles. The van der Waals surface area contributed by atoms with Gasteiger partial charge >= 0.3 is 5.97 Å². The maximum atomic E-state index is 13.1. The summed E-state index contributed by atoms with van der Waals surface area (Å²) in [5.74, 6) is -1.08. The van der Waals surface area contributed by atoms with Crippen LogP contribution in [0.2, 0.25) is 0 Å². The lowest BCUT2D eigenvalue weighted by atomic mass is 10.0. The Morgan fingerprint density at radius 2 is 1.82 bits per heavy atom. The maximum Gasteiger partial charge on any atom is 0.341 e. The molecule has 2 N–H and O–H groups in total. The number of esters is 1. The van der Waals surface area contributed by atoms with Crippen LogP contribution in [0.1, 0.15) is 33.3 Å². The minimum atomic E-state index is -0.585. The highest BCUT2D eigenvalue weighted by Crippen LogP contribution is 2.35. The van der Waals surface area contributed by atoms with Crippen molar-refractivity contribution in [2.75, 3.05) is 11.9 Å². The third-order valence-corrected chi connectivity index (χ3v) is 6.68. The molecule has 34 heavy (non-hydrogen) atoms. The Morgan fingerprint density at radius 1 is 1.12 bits per heavy atom. The van der Waals surface area contributed by atoms with Crippen molar-refractivity contribution in [3.8, 4) is 17.3 Å². The fraction of sp³-hybridized carbons (Fsp3) is 0.148. The second-order valence-electron chi connectivity index (χ2n) is 7.66. The van der Waals surface area contributed by atoms with Crippen molar-refractivity contribution in [1.29, 1.82) is 5.26 Å². The van der Waals surface area contributed by atoms with Crippen LogP contribution in [0.15, 0.2) is 60.2 Å². The van der Waals surface area contributed by atoms with E-state index in [0.717, 1.165) is 38.2 Å². The van der Waals surface area contributed by atoms with E-state index in [0.29, 0.717) is 10.6 Å². The predicted molar refractivity (Wildman–Crippen MR) is 136 cm³/mol. The molecule has 0 fully saturated rings. The Morgan fingerprint density at radius 3 is 2.53 bits per heavy atom. The number of thiophene rings is 1. The number of rotatable bonds is 6. The average Bonchev–Trinajstić information content (AvgIpc) is 3.34. The second-order valence-corrected chi connectivity index (χ2v) is 8.88. The summed E-state index contributed by atoms with van der Waals surface area (Å²) in [5.41, 5.74) is 4.42. The number of aromatic nitrogens is 1. The van der Waals surface area contributed by atoms with Crippen LogP contribution in [0, 0.1) is 25.2 Å². The van der Waals surface area contributed by atoms with Crippen molar-refractivity contribution in [3.63, 3.8) is 0 Å². The van der Waals surface area contributed by atoms with Gasteiger partial charge in [-0.25, -0.2) is 4.79 Å². The van der Waals surface area contributed by atoms with E-state index in [2.05, 4.69) is 10.3 Å². The van der Waals surface area contributed by atoms with Crippen molar-refractivity contribution < 1.29 is 14.3 Å². The lowest BCUT2D eigenvalue weighted by molar-refractivity contribution is -0.112. The van der Waals surface area contributed by atoms with Crippen LogP contribution in [0.3, 0.4) is 0 Å². The third-order valence-electron chi connectivity index (χ3n) is 5.55. The highest BCUT2D eigenvalue weighted by atomic mass is 32.1. The summed E-state index contributed by atoms with van der Waals surface area (Å²) < 4.78 is 5.16. The molecule has 170 valence electrons. The molecule has 7 heteroatoms. The summed E-state index contributed by atoms with van der Waals surface area (Å²) in [4.78, 5) is 29.9. The molecule has 0 spiro atoms. The molecule has 0 bridgehead atoms. The molecule has 2 aromatic heterocycles. The van der Waals surface area contributed by atoms with E-state index < -0.39 is 11.9 Å². The standard InChI is InChI=1S/C27H23N3O3S/c1-4-33-27(32)23-16(2)17(3)34-26(23)30-25(31)19(15-28)14-21-20-12-8-9-13-22(20)29-24(21)18-10-6-5-7-11-18/h5-14,29H,4H2,1-3H3,(H,30,31)/b19-14+. The van der Waals surface area contributed by atoms with E-state index in [-0.39, 0.29) is 12.2 Å². The van der Waals surface area contributed by atoms with Crippen LogP contribution in [0.4, 0.5) is 5.00 Å². The molecule has 2 heterocycles. The number of aryl methyl sites for hydroxylation is 1. The topological polar surface area (TPSA) is 95.0 Å². The number of nitriles is 1. The fourth-order valence-electron chi connectivity index (χ4n) is 3.77. The number of amides is 1. The molecule has 1 amide bonds. The Hall–Kier alpha value is -4.15. The number of nitrogens with one attached hydrogen (secondary N) is 2. The minimum absolute atomic E-state index is 0.0690. The number of fused-ring (bicyclic) bond motifs is 1. The average molecular weight is 470 g/mol. The normalized spacial score (nSPS) is 11.3. The predicted octanol–water partition coefficient (Wildman–Crippen LogP) is 6.24. The molecule has 4 rings (SSSR count). The van der Waals surface area contributed by atoms with Crippen LogP contribution < -0.4 is 5.32 Å². The van der Waals surface area contributed by atoms with Gasteiger partial charge in [0.05, 0.1) is 17.9 Å². The molecular formula is C27H23N3O3S. The van der Waals surface area contributed by atoms with Gasteiger partial charge in [0.2, 0.25) is 0 Å². The second kappa shape index (κ2) is 9.77. The Bertz CT molecular complexity index is 1460. The summed E-state index contributed by atoms with van der Waals surface area (Å²) in [5, 5.41) is 13.9. The van der Waals surface area contributed by atoms with Gasteiger partial charge in [0.25, 0.3) is 5.91 Å². The minimum Gasteiger partial charge on any atom is -0.462 e. The highest BCUT2D eigenvalue weighted by molar-refractivity contribution is 7.16. The first-order valence-corrected chi connectivity index (χ1v) is 11.6. The van der Waals surface area contributed by atoms with Gasteiger partial charge < -0.3 is 15.0 Å². The first kappa shape index (κ1) is 23.0. The van der Waals surface area contributed by atoms with Gasteiger partial charge in [0.1, 0.15) is 16.6 Å². The number of ether oxygens (including phenoxy) is 1. The molecule has 0 aliphatic heterocycles. The molecule has 0 radical (unpaired) electrons. The van der Waals surface area contributed by atoms with Crippen LogP contribution in [-0.4, -0.2) is 23.5 Å². The van der Waals surface area contributed by atoms with Crippen molar-refractivity contribution in [2.45, 2.75) is 20.8 Å². The lowest BCUT2D eigenvalue weighted by Crippen LogP contribution is -2.16. The van der Waals surface area contributed by atoms with E-state index in [1.54, 1.807) is 13.0 Å². The number of carbonyl (C=O) groups excluding carboxylic acids is 2. The molecule has 0 atom stereocenters. The summed E-state index contributed by atoms with van der Waals surface area (Å²) in [6.07, 6.45) is 1.59. The Kier molecular flexibility index (Phi) is 6.62. The van der Waals surface area contributed by atoms with E-state index in [1.807, 2.05) is 74.5 Å². The van der Waals surface area contributed by atoms with E-state index >= 15 is 0 Å².